The topological polar surface area (TPSA) is 65.3 Å². The second kappa shape index (κ2) is 7.85. The van der Waals surface area contributed by atoms with Crippen LogP contribution < -0.4 is 9.64 Å². The number of alkyl halides is 2. The molecule has 1 saturated heterocycles. The third-order valence-electron chi connectivity index (χ3n) is 4.04. The van der Waals surface area contributed by atoms with Gasteiger partial charge in [0.2, 0.25) is 0 Å². The van der Waals surface area contributed by atoms with Crippen LogP contribution in [0.4, 0.5) is 14.6 Å². The van der Waals surface area contributed by atoms with E-state index in [2.05, 4.69) is 25.7 Å². The highest BCUT2D eigenvalue weighted by Crippen LogP contribution is 2.23. The van der Waals surface area contributed by atoms with Gasteiger partial charge in [-0.15, -0.1) is 0 Å². The first kappa shape index (κ1) is 17.0. The number of halogens is 2. The molecule has 2 heterocycles. The average Bonchev–Trinajstić information content (AvgIpc) is 2.63. The number of para-hydroxylation sites is 1. The normalized spacial score (nSPS) is 15.2. The van der Waals surface area contributed by atoms with Gasteiger partial charge in [0.15, 0.2) is 11.5 Å². The third kappa shape index (κ3) is 4.19. The van der Waals surface area contributed by atoms with Gasteiger partial charge in [0.05, 0.1) is 0 Å². The molecule has 0 aliphatic carbocycles. The molecule has 130 valence electrons. The average molecular weight is 345 g/mol. The van der Waals surface area contributed by atoms with Gasteiger partial charge in [-0.2, -0.15) is 14.0 Å². The summed E-state index contributed by atoms with van der Waals surface area (Å²) in [7, 11) is 0. The Labute approximate surface area is 144 Å². The fraction of sp³-hybridized carbons (Fsp3) is 0.353. The van der Waals surface area contributed by atoms with Crippen molar-refractivity contribution in [1.82, 2.24) is 14.9 Å². The lowest BCUT2D eigenvalue weighted by molar-refractivity contribution is -0.0507. The number of aromatic nitrogens is 2. The van der Waals surface area contributed by atoms with E-state index in [0.29, 0.717) is 31.1 Å². The molecule has 0 bridgehead atoms. The summed E-state index contributed by atoms with van der Waals surface area (Å²) in [6, 6.07) is 8.88. The fourth-order valence-corrected chi connectivity index (χ4v) is 2.85. The smallest absolute Gasteiger partial charge is 0.387 e. The van der Waals surface area contributed by atoms with Crippen molar-refractivity contribution in [2.24, 2.45) is 0 Å². The molecule has 25 heavy (non-hydrogen) atoms. The van der Waals surface area contributed by atoms with Crippen molar-refractivity contribution in [3.63, 3.8) is 0 Å². The molecule has 1 fully saturated rings. The van der Waals surface area contributed by atoms with Crippen LogP contribution in [0.5, 0.6) is 5.75 Å². The maximum absolute atomic E-state index is 12.5. The van der Waals surface area contributed by atoms with Gasteiger partial charge in [-0.05, 0) is 6.07 Å². The fourth-order valence-electron chi connectivity index (χ4n) is 2.85. The van der Waals surface area contributed by atoms with Gasteiger partial charge in [0.25, 0.3) is 0 Å². The first-order valence-corrected chi connectivity index (χ1v) is 7.88. The van der Waals surface area contributed by atoms with E-state index in [1.165, 1.54) is 6.20 Å². The maximum atomic E-state index is 12.5. The zero-order chi connectivity index (χ0) is 17.6. The van der Waals surface area contributed by atoms with Gasteiger partial charge < -0.3 is 9.64 Å². The lowest BCUT2D eigenvalue weighted by Gasteiger charge is -2.35. The van der Waals surface area contributed by atoms with E-state index in [0.717, 1.165) is 18.7 Å². The van der Waals surface area contributed by atoms with Crippen molar-refractivity contribution in [3.05, 3.63) is 47.9 Å². The van der Waals surface area contributed by atoms with E-state index in [1.54, 1.807) is 24.4 Å². The molecular formula is C17H17F2N5O. The summed E-state index contributed by atoms with van der Waals surface area (Å²) in [5, 5.41) is 9.13. The van der Waals surface area contributed by atoms with Crippen LogP contribution in [-0.2, 0) is 6.54 Å². The number of piperazine rings is 1. The van der Waals surface area contributed by atoms with Crippen molar-refractivity contribution in [2.75, 3.05) is 31.1 Å². The third-order valence-corrected chi connectivity index (χ3v) is 4.04. The molecule has 0 saturated carbocycles. The molecule has 1 aliphatic rings. The summed E-state index contributed by atoms with van der Waals surface area (Å²) in [5.74, 6) is 0.798. The first-order valence-electron chi connectivity index (χ1n) is 7.88. The number of hydrogen-bond donors (Lipinski definition) is 0. The summed E-state index contributed by atoms with van der Waals surface area (Å²) in [5.41, 5.74) is 1.04. The first-order chi connectivity index (χ1) is 12.2. The summed E-state index contributed by atoms with van der Waals surface area (Å²) >= 11 is 0. The van der Waals surface area contributed by atoms with Crippen molar-refractivity contribution in [3.8, 4) is 11.8 Å². The Morgan fingerprint density at radius 3 is 2.56 bits per heavy atom. The molecule has 6 nitrogen and oxygen atoms in total. The van der Waals surface area contributed by atoms with Gasteiger partial charge in [-0.1, -0.05) is 18.2 Å². The Hall–Kier alpha value is -2.79. The molecule has 0 atom stereocenters. The molecule has 1 aliphatic heterocycles. The predicted octanol–water partition coefficient (Wildman–Crippen LogP) is 2.27. The zero-order valence-electron chi connectivity index (χ0n) is 13.5. The summed E-state index contributed by atoms with van der Waals surface area (Å²) in [6.45, 7) is 0.521. The van der Waals surface area contributed by atoms with Gasteiger partial charge >= 0.3 is 6.61 Å². The molecule has 0 spiro atoms. The van der Waals surface area contributed by atoms with Gasteiger partial charge in [-0.3, -0.25) is 4.90 Å². The number of benzene rings is 1. The Morgan fingerprint density at radius 1 is 1.12 bits per heavy atom. The van der Waals surface area contributed by atoms with Crippen LogP contribution in [-0.4, -0.2) is 47.7 Å². The standard InChI is InChI=1S/C17H17F2N5O/c18-17(19)25-15-4-2-1-3-13(15)12-23-7-9-24(10-8-23)16-14(11-20)21-5-6-22-16/h1-6,17H,7-10,12H2. The minimum atomic E-state index is -2.83. The van der Waals surface area contributed by atoms with Gasteiger partial charge in [0.1, 0.15) is 11.8 Å². The van der Waals surface area contributed by atoms with Crippen LogP contribution in [0.15, 0.2) is 36.7 Å². The maximum Gasteiger partial charge on any atom is 0.387 e. The lowest BCUT2D eigenvalue weighted by Crippen LogP contribution is -2.46. The minimum Gasteiger partial charge on any atom is -0.434 e. The molecule has 1 aromatic carbocycles. The quantitative estimate of drug-likeness (QED) is 0.828. The van der Waals surface area contributed by atoms with Crippen molar-refractivity contribution < 1.29 is 13.5 Å². The molecule has 1 aromatic heterocycles. The molecule has 0 unspecified atom stereocenters. The number of nitriles is 1. The summed E-state index contributed by atoms with van der Waals surface area (Å²) < 4.78 is 29.6. The molecule has 0 radical (unpaired) electrons. The van der Waals surface area contributed by atoms with Gasteiger partial charge in [-0.25, -0.2) is 9.97 Å². The number of hydrogen-bond acceptors (Lipinski definition) is 6. The van der Waals surface area contributed by atoms with E-state index in [4.69, 9.17) is 5.26 Å². The van der Waals surface area contributed by atoms with Crippen molar-refractivity contribution in [2.45, 2.75) is 13.2 Å². The molecular weight excluding hydrogens is 328 g/mol. The Balaban J connectivity index is 1.63. The van der Waals surface area contributed by atoms with E-state index < -0.39 is 6.61 Å². The van der Waals surface area contributed by atoms with E-state index in [-0.39, 0.29) is 5.75 Å². The van der Waals surface area contributed by atoms with Crippen LogP contribution in [0.1, 0.15) is 11.3 Å². The monoisotopic (exact) mass is 345 g/mol. The summed E-state index contributed by atoms with van der Waals surface area (Å²) in [6.07, 6.45) is 3.07. The molecule has 3 rings (SSSR count). The Morgan fingerprint density at radius 2 is 1.84 bits per heavy atom. The predicted molar refractivity (Wildman–Crippen MR) is 87.3 cm³/mol. The van der Waals surface area contributed by atoms with Gasteiger partial charge in [0, 0.05) is 50.7 Å². The largest absolute Gasteiger partial charge is 0.434 e. The number of ether oxygens (including phenoxy) is 1. The second-order valence-corrected chi connectivity index (χ2v) is 5.59. The number of rotatable bonds is 5. The summed E-state index contributed by atoms with van der Waals surface area (Å²) in [4.78, 5) is 12.5. The molecule has 8 heteroatoms. The highest BCUT2D eigenvalue weighted by atomic mass is 19.3. The number of nitrogens with zero attached hydrogens (tertiary/aromatic N) is 5. The minimum absolute atomic E-state index is 0.209. The molecule has 0 amide bonds. The molecule has 2 aromatic rings. The van der Waals surface area contributed by atoms with Crippen LogP contribution in [0.25, 0.3) is 0 Å². The van der Waals surface area contributed by atoms with E-state index in [1.807, 2.05) is 11.0 Å². The molecule has 0 N–H and O–H groups in total. The Bertz CT molecular complexity index is 757. The van der Waals surface area contributed by atoms with Crippen LogP contribution >= 0.6 is 0 Å². The van der Waals surface area contributed by atoms with Crippen LogP contribution in [0.2, 0.25) is 0 Å². The number of anilines is 1. The zero-order valence-corrected chi connectivity index (χ0v) is 13.5. The highest BCUT2D eigenvalue weighted by Gasteiger charge is 2.21. The van der Waals surface area contributed by atoms with Crippen molar-refractivity contribution >= 4 is 5.82 Å². The van der Waals surface area contributed by atoms with Crippen LogP contribution in [0, 0.1) is 11.3 Å². The highest BCUT2D eigenvalue weighted by molar-refractivity contribution is 5.49. The van der Waals surface area contributed by atoms with E-state index in [9.17, 15) is 8.78 Å². The van der Waals surface area contributed by atoms with E-state index >= 15 is 0 Å². The lowest BCUT2D eigenvalue weighted by atomic mass is 10.1. The SMILES string of the molecule is N#Cc1nccnc1N1CCN(Cc2ccccc2OC(F)F)CC1. The second-order valence-electron chi connectivity index (χ2n) is 5.59. The van der Waals surface area contributed by atoms with Crippen LogP contribution in [0.3, 0.4) is 0 Å². The van der Waals surface area contributed by atoms with Crippen molar-refractivity contribution in [1.29, 1.82) is 5.26 Å². The Kier molecular flexibility index (Phi) is 5.36.